The van der Waals surface area contributed by atoms with Crippen molar-refractivity contribution in [1.29, 1.82) is 0 Å². The molecule has 1 unspecified atom stereocenters. The third-order valence-corrected chi connectivity index (χ3v) is 1.71. The van der Waals surface area contributed by atoms with E-state index in [1.54, 1.807) is 0 Å². The molecular formula is C7H15NO2. The fourth-order valence-electron chi connectivity index (χ4n) is 1.14. The molecule has 0 aromatic heterocycles. The third-order valence-electron chi connectivity index (χ3n) is 1.71. The van der Waals surface area contributed by atoms with Crippen LogP contribution in [-0.2, 0) is 4.74 Å². The lowest BCUT2D eigenvalue weighted by atomic mass is 10.1. The molecule has 0 aromatic rings. The number of rotatable bonds is 3. The molecule has 1 rings (SSSR count). The molecule has 0 saturated carbocycles. The molecule has 1 heterocycles. The first-order chi connectivity index (χ1) is 4.93. The van der Waals surface area contributed by atoms with Gasteiger partial charge in [0.15, 0.2) is 0 Å². The summed E-state index contributed by atoms with van der Waals surface area (Å²) in [5.41, 5.74) is 0. The molecule has 0 spiro atoms. The number of hydrogen-bond donors (Lipinski definition) is 2. The maximum Gasteiger partial charge on any atom is 0.0620 e. The summed E-state index contributed by atoms with van der Waals surface area (Å²) in [6, 6.07) is 0.473. The molecule has 0 radical (unpaired) electrons. The molecule has 0 aromatic carbocycles. The average molecular weight is 145 g/mol. The minimum atomic E-state index is 0.290. The Morgan fingerprint density at radius 1 is 1.60 bits per heavy atom. The van der Waals surface area contributed by atoms with Crippen LogP contribution in [0.2, 0.25) is 0 Å². The topological polar surface area (TPSA) is 41.5 Å². The summed E-state index contributed by atoms with van der Waals surface area (Å²) in [6.45, 7) is 2.88. The number of hydrogen-bond acceptors (Lipinski definition) is 3. The Balaban J connectivity index is 2.02. The van der Waals surface area contributed by atoms with Crippen molar-refractivity contribution in [3.8, 4) is 0 Å². The van der Waals surface area contributed by atoms with E-state index in [2.05, 4.69) is 5.32 Å². The van der Waals surface area contributed by atoms with Crippen molar-refractivity contribution >= 4 is 0 Å². The highest BCUT2D eigenvalue weighted by Gasteiger charge is 2.11. The van der Waals surface area contributed by atoms with E-state index in [1.165, 1.54) is 0 Å². The number of aliphatic hydroxyl groups is 1. The number of ether oxygens (including phenoxy) is 1. The van der Waals surface area contributed by atoms with E-state index >= 15 is 0 Å². The van der Waals surface area contributed by atoms with Gasteiger partial charge in [-0.15, -0.1) is 0 Å². The highest BCUT2D eigenvalue weighted by atomic mass is 16.5. The minimum Gasteiger partial charge on any atom is -0.396 e. The van der Waals surface area contributed by atoms with Crippen molar-refractivity contribution in [3.63, 3.8) is 0 Å². The lowest BCUT2D eigenvalue weighted by molar-refractivity contribution is 0.0717. The molecule has 1 aliphatic heterocycles. The van der Waals surface area contributed by atoms with Crippen LogP contribution in [0.3, 0.4) is 0 Å². The number of nitrogens with one attached hydrogen (secondary N) is 1. The van der Waals surface area contributed by atoms with Gasteiger partial charge in [-0.25, -0.2) is 0 Å². The largest absolute Gasteiger partial charge is 0.396 e. The van der Waals surface area contributed by atoms with Gasteiger partial charge in [0.1, 0.15) is 0 Å². The zero-order chi connectivity index (χ0) is 7.23. The first-order valence-electron chi connectivity index (χ1n) is 3.85. The Bertz CT molecular complexity index is 81.7. The van der Waals surface area contributed by atoms with Gasteiger partial charge >= 0.3 is 0 Å². The van der Waals surface area contributed by atoms with E-state index in [4.69, 9.17) is 9.84 Å². The third kappa shape index (κ3) is 2.64. The molecule has 1 saturated heterocycles. The SMILES string of the molecule is OCCCC1COCCN1. The van der Waals surface area contributed by atoms with Crippen LogP contribution in [0.15, 0.2) is 0 Å². The summed E-state index contributed by atoms with van der Waals surface area (Å²) in [5.74, 6) is 0. The van der Waals surface area contributed by atoms with Crippen molar-refractivity contribution in [3.05, 3.63) is 0 Å². The van der Waals surface area contributed by atoms with E-state index in [1.807, 2.05) is 0 Å². The Morgan fingerprint density at radius 2 is 2.50 bits per heavy atom. The molecule has 1 fully saturated rings. The van der Waals surface area contributed by atoms with Crippen molar-refractivity contribution < 1.29 is 9.84 Å². The van der Waals surface area contributed by atoms with Gasteiger partial charge in [-0.05, 0) is 12.8 Å². The maximum atomic E-state index is 8.53. The van der Waals surface area contributed by atoms with Crippen LogP contribution >= 0.6 is 0 Å². The zero-order valence-electron chi connectivity index (χ0n) is 6.18. The average Bonchev–Trinajstić information content (AvgIpc) is 2.03. The second-order valence-electron chi connectivity index (χ2n) is 2.59. The summed E-state index contributed by atoms with van der Waals surface area (Å²) in [7, 11) is 0. The van der Waals surface area contributed by atoms with Crippen LogP contribution in [0.25, 0.3) is 0 Å². The fourth-order valence-corrected chi connectivity index (χ4v) is 1.14. The molecule has 2 N–H and O–H groups in total. The molecule has 3 heteroatoms. The van der Waals surface area contributed by atoms with Crippen LogP contribution in [0, 0.1) is 0 Å². The lowest BCUT2D eigenvalue weighted by Gasteiger charge is -2.23. The van der Waals surface area contributed by atoms with Crippen LogP contribution in [0.5, 0.6) is 0 Å². The molecule has 1 atom stereocenters. The number of aliphatic hydroxyl groups excluding tert-OH is 1. The van der Waals surface area contributed by atoms with E-state index in [-0.39, 0.29) is 6.61 Å². The van der Waals surface area contributed by atoms with Crippen LogP contribution in [0.1, 0.15) is 12.8 Å². The van der Waals surface area contributed by atoms with Gasteiger partial charge in [-0.3, -0.25) is 0 Å². The Kier molecular flexibility index (Phi) is 3.72. The summed E-state index contributed by atoms with van der Waals surface area (Å²) in [6.07, 6.45) is 1.90. The summed E-state index contributed by atoms with van der Waals surface area (Å²) in [4.78, 5) is 0. The zero-order valence-corrected chi connectivity index (χ0v) is 6.18. The minimum absolute atomic E-state index is 0.290. The smallest absolute Gasteiger partial charge is 0.0620 e. The van der Waals surface area contributed by atoms with E-state index in [9.17, 15) is 0 Å². The van der Waals surface area contributed by atoms with Gasteiger partial charge in [0.2, 0.25) is 0 Å². The first kappa shape index (κ1) is 7.98. The number of morpholine rings is 1. The van der Waals surface area contributed by atoms with E-state index < -0.39 is 0 Å². The molecule has 0 amide bonds. The summed E-state index contributed by atoms with van der Waals surface area (Å²) >= 11 is 0. The maximum absolute atomic E-state index is 8.53. The molecule has 10 heavy (non-hydrogen) atoms. The van der Waals surface area contributed by atoms with Gasteiger partial charge in [0.25, 0.3) is 0 Å². The standard InChI is InChI=1S/C7H15NO2/c9-4-1-2-7-6-10-5-3-8-7/h7-9H,1-6H2. The molecule has 1 aliphatic rings. The monoisotopic (exact) mass is 145 g/mol. The molecule has 0 aliphatic carbocycles. The predicted octanol–water partition coefficient (Wildman–Crippen LogP) is -0.253. The summed E-state index contributed by atoms with van der Waals surface area (Å²) < 4.78 is 5.23. The van der Waals surface area contributed by atoms with E-state index in [0.717, 1.165) is 32.6 Å². The second-order valence-corrected chi connectivity index (χ2v) is 2.59. The molecule has 3 nitrogen and oxygen atoms in total. The molecular weight excluding hydrogens is 130 g/mol. The van der Waals surface area contributed by atoms with Crippen LogP contribution in [0.4, 0.5) is 0 Å². The van der Waals surface area contributed by atoms with Crippen molar-refractivity contribution in [2.75, 3.05) is 26.4 Å². The molecule has 60 valence electrons. The molecule has 0 bridgehead atoms. The normalized spacial score (nSPS) is 26.7. The quantitative estimate of drug-likeness (QED) is 0.575. The van der Waals surface area contributed by atoms with Crippen molar-refractivity contribution in [2.45, 2.75) is 18.9 Å². The van der Waals surface area contributed by atoms with Gasteiger partial charge in [0, 0.05) is 19.2 Å². The lowest BCUT2D eigenvalue weighted by Crippen LogP contribution is -2.41. The Morgan fingerprint density at radius 3 is 3.10 bits per heavy atom. The van der Waals surface area contributed by atoms with Crippen molar-refractivity contribution in [2.24, 2.45) is 0 Å². The van der Waals surface area contributed by atoms with Gasteiger partial charge < -0.3 is 15.2 Å². The summed E-state index contributed by atoms with van der Waals surface area (Å²) in [5, 5.41) is 11.8. The predicted molar refractivity (Wildman–Crippen MR) is 38.9 cm³/mol. The second kappa shape index (κ2) is 4.66. The van der Waals surface area contributed by atoms with Crippen LogP contribution < -0.4 is 5.32 Å². The Labute approximate surface area is 61.4 Å². The fraction of sp³-hybridized carbons (Fsp3) is 1.00. The highest BCUT2D eigenvalue weighted by molar-refractivity contribution is 4.69. The van der Waals surface area contributed by atoms with Gasteiger partial charge in [-0.2, -0.15) is 0 Å². The Hall–Kier alpha value is -0.120. The van der Waals surface area contributed by atoms with Crippen LogP contribution in [-0.4, -0.2) is 37.5 Å². The van der Waals surface area contributed by atoms with E-state index in [0.29, 0.717) is 6.04 Å². The highest BCUT2D eigenvalue weighted by Crippen LogP contribution is 2.00. The van der Waals surface area contributed by atoms with Crippen molar-refractivity contribution in [1.82, 2.24) is 5.32 Å². The van der Waals surface area contributed by atoms with Gasteiger partial charge in [-0.1, -0.05) is 0 Å². The first-order valence-corrected chi connectivity index (χ1v) is 3.85. The van der Waals surface area contributed by atoms with Gasteiger partial charge in [0.05, 0.1) is 13.2 Å².